The molecule has 0 aliphatic heterocycles. The van der Waals surface area contributed by atoms with Gasteiger partial charge in [0, 0.05) is 12.6 Å². The molecule has 0 fully saturated rings. The van der Waals surface area contributed by atoms with Crippen LogP contribution < -0.4 is 10.1 Å². The van der Waals surface area contributed by atoms with Crippen LogP contribution in [0.15, 0.2) is 12.4 Å². The van der Waals surface area contributed by atoms with Crippen LogP contribution in [0.1, 0.15) is 59.8 Å². The number of ether oxygens (including phenoxy) is 1. The topological polar surface area (TPSA) is 47.0 Å². The minimum atomic E-state index is 0.138. The first-order valence-corrected chi connectivity index (χ1v) is 7.80. The van der Waals surface area contributed by atoms with Gasteiger partial charge in [-0.3, -0.25) is 0 Å². The molecule has 0 spiro atoms. The third-order valence-corrected chi connectivity index (χ3v) is 3.01. The van der Waals surface area contributed by atoms with Gasteiger partial charge in [-0.05, 0) is 26.2 Å². The van der Waals surface area contributed by atoms with Crippen LogP contribution in [-0.2, 0) is 0 Å². The summed E-state index contributed by atoms with van der Waals surface area (Å²) in [6.45, 7) is 9.51. The molecule has 114 valence electrons. The van der Waals surface area contributed by atoms with Gasteiger partial charge in [0.15, 0.2) is 0 Å². The van der Waals surface area contributed by atoms with Crippen molar-refractivity contribution in [2.24, 2.45) is 5.92 Å². The normalized spacial score (nSPS) is 11.1. The van der Waals surface area contributed by atoms with Crippen LogP contribution in [0.2, 0.25) is 0 Å². The predicted molar refractivity (Wildman–Crippen MR) is 84.2 cm³/mol. The average Bonchev–Trinajstić information content (AvgIpc) is 2.37. The second-order valence-electron chi connectivity index (χ2n) is 5.93. The Morgan fingerprint density at radius 3 is 2.50 bits per heavy atom. The highest BCUT2D eigenvalue weighted by molar-refractivity contribution is 5.36. The molecule has 0 atom stereocenters. The number of hydrogen-bond donors (Lipinski definition) is 1. The maximum Gasteiger partial charge on any atom is 0.218 e. The Morgan fingerprint density at radius 2 is 1.80 bits per heavy atom. The van der Waals surface area contributed by atoms with E-state index < -0.39 is 0 Å². The number of anilines is 1. The number of rotatable bonds is 10. The van der Waals surface area contributed by atoms with Gasteiger partial charge in [0.2, 0.25) is 5.88 Å². The van der Waals surface area contributed by atoms with Gasteiger partial charge in [-0.2, -0.15) is 0 Å². The molecule has 4 heteroatoms. The van der Waals surface area contributed by atoms with Crippen molar-refractivity contribution < 1.29 is 4.74 Å². The quantitative estimate of drug-likeness (QED) is 0.649. The molecule has 1 N–H and O–H groups in total. The lowest BCUT2D eigenvalue weighted by Gasteiger charge is -2.10. The van der Waals surface area contributed by atoms with Crippen LogP contribution in [0, 0.1) is 5.92 Å². The molecule has 0 saturated heterocycles. The first kappa shape index (κ1) is 16.7. The van der Waals surface area contributed by atoms with Gasteiger partial charge in [0.25, 0.3) is 0 Å². The molecule has 0 aromatic carbocycles. The molecule has 4 nitrogen and oxygen atoms in total. The minimum absolute atomic E-state index is 0.138. The highest BCUT2D eigenvalue weighted by atomic mass is 16.5. The van der Waals surface area contributed by atoms with Gasteiger partial charge in [-0.25, -0.2) is 9.97 Å². The maximum absolute atomic E-state index is 5.55. The summed E-state index contributed by atoms with van der Waals surface area (Å²) >= 11 is 0. The highest BCUT2D eigenvalue weighted by Crippen LogP contribution is 2.13. The molecule has 0 unspecified atom stereocenters. The molecular weight excluding hydrogens is 250 g/mol. The Kier molecular flexibility index (Phi) is 8.00. The van der Waals surface area contributed by atoms with Gasteiger partial charge in [-0.1, -0.05) is 39.5 Å². The van der Waals surface area contributed by atoms with E-state index in [-0.39, 0.29) is 6.10 Å². The summed E-state index contributed by atoms with van der Waals surface area (Å²) in [4.78, 5) is 8.29. The molecule has 1 rings (SSSR count). The molecule has 0 radical (unpaired) electrons. The van der Waals surface area contributed by atoms with Crippen LogP contribution in [-0.4, -0.2) is 22.6 Å². The molecule has 0 amide bonds. The summed E-state index contributed by atoms with van der Waals surface area (Å²) in [6, 6.07) is 1.86. The van der Waals surface area contributed by atoms with Crippen LogP contribution in [0.3, 0.4) is 0 Å². The minimum Gasteiger partial charge on any atom is -0.475 e. The second-order valence-corrected chi connectivity index (χ2v) is 5.93. The molecule has 0 bridgehead atoms. The van der Waals surface area contributed by atoms with E-state index in [1.54, 1.807) is 6.33 Å². The fourth-order valence-electron chi connectivity index (χ4n) is 1.99. The van der Waals surface area contributed by atoms with E-state index in [1.807, 2.05) is 19.9 Å². The van der Waals surface area contributed by atoms with Crippen molar-refractivity contribution in [3.05, 3.63) is 12.4 Å². The fraction of sp³-hybridized carbons (Fsp3) is 0.750. The van der Waals surface area contributed by atoms with Crippen molar-refractivity contribution in [3.8, 4) is 5.88 Å². The van der Waals surface area contributed by atoms with Crippen molar-refractivity contribution in [3.63, 3.8) is 0 Å². The summed E-state index contributed by atoms with van der Waals surface area (Å²) in [5.41, 5.74) is 0. The second kappa shape index (κ2) is 9.56. The van der Waals surface area contributed by atoms with Crippen molar-refractivity contribution in [2.45, 2.75) is 65.9 Å². The maximum atomic E-state index is 5.55. The number of nitrogens with zero attached hydrogens (tertiary/aromatic N) is 2. The summed E-state index contributed by atoms with van der Waals surface area (Å²) in [5.74, 6) is 2.31. The fourth-order valence-corrected chi connectivity index (χ4v) is 1.99. The van der Waals surface area contributed by atoms with Gasteiger partial charge >= 0.3 is 0 Å². The Hall–Kier alpha value is -1.32. The molecule has 1 aromatic rings. The average molecular weight is 279 g/mol. The zero-order valence-corrected chi connectivity index (χ0v) is 13.4. The standard InChI is InChI=1S/C16H29N3O/c1-13(2)9-7-5-6-8-10-17-15-11-16(19-12-18-15)20-14(3)4/h11-14H,5-10H2,1-4H3,(H,17,18,19). The molecule has 0 saturated carbocycles. The zero-order chi connectivity index (χ0) is 14.8. The number of unbranched alkanes of at least 4 members (excludes halogenated alkanes) is 3. The Morgan fingerprint density at radius 1 is 1.05 bits per heavy atom. The van der Waals surface area contributed by atoms with E-state index in [0.717, 1.165) is 18.3 Å². The Balaban J connectivity index is 2.15. The number of nitrogens with one attached hydrogen (secondary N) is 1. The van der Waals surface area contributed by atoms with Crippen LogP contribution in [0.4, 0.5) is 5.82 Å². The first-order valence-electron chi connectivity index (χ1n) is 7.80. The third-order valence-electron chi connectivity index (χ3n) is 3.01. The Labute approximate surface area is 123 Å². The SMILES string of the molecule is CC(C)CCCCCCNc1cc(OC(C)C)ncn1. The zero-order valence-electron chi connectivity index (χ0n) is 13.4. The van der Waals surface area contributed by atoms with E-state index in [0.29, 0.717) is 5.88 Å². The van der Waals surface area contributed by atoms with Gasteiger partial charge < -0.3 is 10.1 Å². The number of aromatic nitrogens is 2. The summed E-state index contributed by atoms with van der Waals surface area (Å²) in [5, 5.41) is 3.33. The lowest BCUT2D eigenvalue weighted by Crippen LogP contribution is -2.08. The van der Waals surface area contributed by atoms with Crippen LogP contribution >= 0.6 is 0 Å². The van der Waals surface area contributed by atoms with Crippen molar-refractivity contribution in [1.29, 1.82) is 0 Å². The monoisotopic (exact) mass is 279 g/mol. The highest BCUT2D eigenvalue weighted by Gasteiger charge is 2.01. The van der Waals surface area contributed by atoms with Crippen molar-refractivity contribution >= 4 is 5.82 Å². The van der Waals surface area contributed by atoms with E-state index >= 15 is 0 Å². The number of hydrogen-bond acceptors (Lipinski definition) is 4. The van der Waals surface area contributed by atoms with Gasteiger partial charge in [0.1, 0.15) is 12.1 Å². The molecule has 0 aliphatic carbocycles. The van der Waals surface area contributed by atoms with E-state index in [4.69, 9.17) is 4.74 Å². The predicted octanol–water partition coefficient (Wildman–Crippen LogP) is 4.28. The molecule has 20 heavy (non-hydrogen) atoms. The lowest BCUT2D eigenvalue weighted by atomic mass is 10.0. The largest absolute Gasteiger partial charge is 0.475 e. The van der Waals surface area contributed by atoms with E-state index in [2.05, 4.69) is 29.1 Å². The van der Waals surface area contributed by atoms with Gasteiger partial charge in [0.05, 0.1) is 6.10 Å². The summed E-state index contributed by atoms with van der Waals surface area (Å²) in [6.07, 6.45) is 8.15. The van der Waals surface area contributed by atoms with Crippen LogP contribution in [0.5, 0.6) is 5.88 Å². The van der Waals surface area contributed by atoms with Crippen LogP contribution in [0.25, 0.3) is 0 Å². The molecule has 1 heterocycles. The summed E-state index contributed by atoms with van der Waals surface area (Å²) < 4.78 is 5.55. The summed E-state index contributed by atoms with van der Waals surface area (Å²) in [7, 11) is 0. The first-order chi connectivity index (χ1) is 9.58. The molecule has 1 aromatic heterocycles. The lowest BCUT2D eigenvalue weighted by molar-refractivity contribution is 0.232. The molecular formula is C16H29N3O. The Bertz CT molecular complexity index is 366. The van der Waals surface area contributed by atoms with Gasteiger partial charge in [-0.15, -0.1) is 0 Å². The van der Waals surface area contributed by atoms with E-state index in [1.165, 1.54) is 32.1 Å². The van der Waals surface area contributed by atoms with Crippen molar-refractivity contribution in [1.82, 2.24) is 9.97 Å². The smallest absolute Gasteiger partial charge is 0.218 e. The third kappa shape index (κ3) is 7.97. The van der Waals surface area contributed by atoms with Crippen molar-refractivity contribution in [2.75, 3.05) is 11.9 Å². The molecule has 0 aliphatic rings. The van der Waals surface area contributed by atoms with E-state index in [9.17, 15) is 0 Å².